The Morgan fingerprint density at radius 2 is 1.88 bits per heavy atom. The van der Waals surface area contributed by atoms with Crippen LogP contribution in [0.4, 0.5) is 4.79 Å². The number of aliphatic carboxylic acids is 1. The van der Waals surface area contributed by atoms with Crippen LogP contribution in [0, 0.1) is 35.5 Å². The van der Waals surface area contributed by atoms with Gasteiger partial charge in [0.15, 0.2) is 5.78 Å². The molecule has 8 nitrogen and oxygen atoms in total. The number of fused-ring (bicyclic) bond motifs is 1. The van der Waals surface area contributed by atoms with E-state index in [1.165, 1.54) is 6.08 Å². The number of carboxylic acids is 1. The first-order valence-electron chi connectivity index (χ1n) is 12.3. The third-order valence-electron chi connectivity index (χ3n) is 7.14. The molecule has 2 saturated carbocycles. The zero-order valence-corrected chi connectivity index (χ0v) is 20.8. The average Bonchev–Trinajstić information content (AvgIpc) is 3.26. The predicted octanol–water partition coefficient (Wildman–Crippen LogP) is 3.44. The molecule has 0 aliphatic heterocycles. The number of carboxylic acid groups (broad SMARTS) is 1. The molecule has 0 aromatic rings. The zero-order chi connectivity index (χ0) is 25.6. The van der Waals surface area contributed by atoms with Gasteiger partial charge >= 0.3 is 19.2 Å². The Morgan fingerprint density at radius 1 is 1.21 bits per heavy atom. The fourth-order valence-electron chi connectivity index (χ4n) is 5.56. The summed E-state index contributed by atoms with van der Waals surface area (Å²) in [5, 5.41) is 30.6. The van der Waals surface area contributed by atoms with Crippen LogP contribution in [0.1, 0.15) is 59.8 Å². The number of carbonyl (C=O) groups is 3. The molecule has 1 unspecified atom stereocenters. The molecule has 9 heteroatoms. The molecule has 0 aromatic carbocycles. The van der Waals surface area contributed by atoms with Gasteiger partial charge in [0.05, 0.1) is 5.92 Å². The third kappa shape index (κ3) is 7.98. The molecule has 0 heterocycles. The Balaban J connectivity index is 2.01. The van der Waals surface area contributed by atoms with E-state index in [1.807, 2.05) is 6.08 Å². The number of carbonyl (C=O) groups excluding carboxylic acids is 2. The highest BCUT2D eigenvalue weighted by Gasteiger charge is 2.49. The summed E-state index contributed by atoms with van der Waals surface area (Å²) in [6.45, 7) is 10.8. The highest BCUT2D eigenvalue weighted by atomic mass is 16.6. The maximum atomic E-state index is 12.9. The number of rotatable bonds is 11. The smallest absolute Gasteiger partial charge is 0.451 e. The summed E-state index contributed by atoms with van der Waals surface area (Å²) in [4.78, 5) is 36.9. The second kappa shape index (κ2) is 12.0. The molecule has 0 radical (unpaired) electrons. The van der Waals surface area contributed by atoms with Crippen molar-refractivity contribution >= 4 is 25.0 Å². The van der Waals surface area contributed by atoms with E-state index in [4.69, 9.17) is 14.8 Å². The fraction of sp³-hybridized carbons (Fsp3) is 0.720. The van der Waals surface area contributed by atoms with Crippen LogP contribution in [0.2, 0.25) is 6.32 Å². The minimum absolute atomic E-state index is 0.0118. The second-order valence-corrected chi connectivity index (χ2v) is 10.9. The summed E-state index contributed by atoms with van der Waals surface area (Å²) >= 11 is 0. The molecule has 0 spiro atoms. The number of amides is 1. The van der Waals surface area contributed by atoms with Crippen LogP contribution in [0.15, 0.2) is 24.8 Å². The SMILES string of the molecule is C=CC(C)[C@H](NC(=O)OC(C)(C)C)C(=O)/C=C\[C@H]1C[C@@H]2C[C@@H](C(=O)O)[C@@H](CCCB(O)O)[C@@H]2C1. The van der Waals surface area contributed by atoms with E-state index >= 15 is 0 Å². The minimum Gasteiger partial charge on any atom is -0.481 e. The molecule has 34 heavy (non-hydrogen) atoms. The number of nitrogens with one attached hydrogen (secondary N) is 1. The Morgan fingerprint density at radius 3 is 2.44 bits per heavy atom. The number of hydrogen-bond acceptors (Lipinski definition) is 6. The standard InChI is InChI=1S/C25H40BNO7/c1-6-15(2)22(27-24(31)34-25(3,4)5)21(28)10-9-16-12-17-14-20(23(29)30)18(19(17)13-16)8-7-11-26(32)33/h6,9-10,15-20,22,32-33H,1,7-8,11-14H2,2-5H3,(H,27,31)(H,29,30)/b10-9-/t15?,16-,17+,18-,19+,20+,22-/m0/s1. The van der Waals surface area contributed by atoms with Crippen LogP contribution in [0.5, 0.6) is 0 Å². The largest absolute Gasteiger partial charge is 0.481 e. The van der Waals surface area contributed by atoms with Crippen molar-refractivity contribution in [3.8, 4) is 0 Å². The van der Waals surface area contributed by atoms with Gasteiger partial charge in [0.1, 0.15) is 11.6 Å². The van der Waals surface area contributed by atoms with E-state index in [-0.39, 0.29) is 41.7 Å². The molecule has 2 aliphatic carbocycles. The van der Waals surface area contributed by atoms with Gasteiger partial charge in [0.2, 0.25) is 0 Å². The highest BCUT2D eigenvalue weighted by Crippen LogP contribution is 2.54. The van der Waals surface area contributed by atoms with Crippen molar-refractivity contribution in [2.24, 2.45) is 35.5 Å². The van der Waals surface area contributed by atoms with E-state index in [0.29, 0.717) is 19.3 Å². The second-order valence-electron chi connectivity index (χ2n) is 10.9. The lowest BCUT2D eigenvalue weighted by atomic mass is 9.78. The first-order valence-corrected chi connectivity index (χ1v) is 12.3. The lowest BCUT2D eigenvalue weighted by Crippen LogP contribution is -2.46. The van der Waals surface area contributed by atoms with Crippen LogP contribution in [-0.4, -0.2) is 51.8 Å². The van der Waals surface area contributed by atoms with E-state index in [1.54, 1.807) is 33.8 Å². The maximum absolute atomic E-state index is 12.9. The molecule has 0 saturated heterocycles. The monoisotopic (exact) mass is 477 g/mol. The normalized spacial score (nSPS) is 28.2. The van der Waals surface area contributed by atoms with Gasteiger partial charge in [-0.25, -0.2) is 4.79 Å². The number of allylic oxidation sites excluding steroid dienone is 1. The lowest BCUT2D eigenvalue weighted by molar-refractivity contribution is -0.143. The molecular weight excluding hydrogens is 437 g/mol. The van der Waals surface area contributed by atoms with Crippen molar-refractivity contribution in [3.63, 3.8) is 0 Å². The van der Waals surface area contributed by atoms with Crippen molar-refractivity contribution in [1.29, 1.82) is 0 Å². The Hall–Kier alpha value is -2.13. The third-order valence-corrected chi connectivity index (χ3v) is 7.14. The van der Waals surface area contributed by atoms with Crippen LogP contribution < -0.4 is 5.32 Å². The Bertz CT molecular complexity index is 776. The first kappa shape index (κ1) is 28.1. The predicted molar refractivity (Wildman–Crippen MR) is 130 cm³/mol. The number of ether oxygens (including phenoxy) is 1. The van der Waals surface area contributed by atoms with E-state index < -0.39 is 36.7 Å². The van der Waals surface area contributed by atoms with Crippen LogP contribution >= 0.6 is 0 Å². The topological polar surface area (TPSA) is 133 Å². The molecule has 7 atom stereocenters. The number of alkyl carbamates (subject to hydrolysis) is 1. The van der Waals surface area contributed by atoms with Gasteiger partial charge in [-0.05, 0) is 82.5 Å². The summed E-state index contributed by atoms with van der Waals surface area (Å²) in [7, 11) is -1.37. The summed E-state index contributed by atoms with van der Waals surface area (Å²) in [5.41, 5.74) is -0.674. The van der Waals surface area contributed by atoms with E-state index in [0.717, 1.165) is 12.8 Å². The molecule has 190 valence electrons. The quantitative estimate of drug-likeness (QED) is 0.204. The van der Waals surface area contributed by atoms with Crippen molar-refractivity contribution in [3.05, 3.63) is 24.8 Å². The summed E-state index contributed by atoms with van der Waals surface area (Å²) in [6, 6.07) is -0.779. The van der Waals surface area contributed by atoms with Crippen molar-refractivity contribution in [2.75, 3.05) is 0 Å². The molecule has 2 fully saturated rings. The molecular formula is C25H40BNO7. The molecule has 4 N–H and O–H groups in total. The molecule has 2 rings (SSSR count). The van der Waals surface area contributed by atoms with Gasteiger partial charge in [-0.15, -0.1) is 6.58 Å². The average molecular weight is 477 g/mol. The van der Waals surface area contributed by atoms with Gasteiger partial charge in [-0.2, -0.15) is 0 Å². The molecule has 2 aliphatic rings. The fourth-order valence-corrected chi connectivity index (χ4v) is 5.56. The minimum atomic E-state index is -1.37. The van der Waals surface area contributed by atoms with Crippen molar-refractivity contribution < 1.29 is 34.3 Å². The Labute approximate surface area is 203 Å². The summed E-state index contributed by atoms with van der Waals surface area (Å²) in [5.74, 6) is -0.961. The van der Waals surface area contributed by atoms with Crippen LogP contribution in [0.25, 0.3) is 0 Å². The molecule has 0 aromatic heterocycles. The number of hydrogen-bond donors (Lipinski definition) is 4. The van der Waals surface area contributed by atoms with E-state index in [9.17, 15) is 19.5 Å². The van der Waals surface area contributed by atoms with Crippen LogP contribution in [0.3, 0.4) is 0 Å². The molecule has 0 bridgehead atoms. The van der Waals surface area contributed by atoms with Gasteiger partial charge in [-0.3, -0.25) is 9.59 Å². The van der Waals surface area contributed by atoms with Crippen molar-refractivity contribution in [2.45, 2.75) is 77.8 Å². The van der Waals surface area contributed by atoms with Crippen LogP contribution in [-0.2, 0) is 14.3 Å². The Kier molecular flexibility index (Phi) is 9.94. The summed E-state index contributed by atoms with van der Waals surface area (Å²) in [6.07, 6.45) is 8.13. The summed E-state index contributed by atoms with van der Waals surface area (Å²) < 4.78 is 5.29. The van der Waals surface area contributed by atoms with Gasteiger partial charge < -0.3 is 25.2 Å². The first-order chi connectivity index (χ1) is 15.8. The van der Waals surface area contributed by atoms with Crippen molar-refractivity contribution in [1.82, 2.24) is 5.32 Å². The van der Waals surface area contributed by atoms with Gasteiger partial charge in [0.25, 0.3) is 0 Å². The number of ketones is 1. The van der Waals surface area contributed by atoms with Gasteiger partial charge in [-0.1, -0.05) is 25.5 Å². The van der Waals surface area contributed by atoms with E-state index in [2.05, 4.69) is 11.9 Å². The lowest BCUT2D eigenvalue weighted by Gasteiger charge is -2.24. The molecule has 1 amide bonds. The van der Waals surface area contributed by atoms with Gasteiger partial charge in [0, 0.05) is 5.92 Å². The zero-order valence-electron chi connectivity index (χ0n) is 20.8. The maximum Gasteiger partial charge on any atom is 0.451 e. The highest BCUT2D eigenvalue weighted by molar-refractivity contribution is 6.40.